The lowest BCUT2D eigenvalue weighted by atomic mass is 9.55. The van der Waals surface area contributed by atoms with E-state index in [0.29, 0.717) is 17.4 Å². The van der Waals surface area contributed by atoms with E-state index >= 15 is 0 Å². The summed E-state index contributed by atoms with van der Waals surface area (Å²) < 4.78 is 5.43. The van der Waals surface area contributed by atoms with Gasteiger partial charge in [0, 0.05) is 15.9 Å². The van der Waals surface area contributed by atoms with Gasteiger partial charge in [-0.2, -0.15) is 10.5 Å². The van der Waals surface area contributed by atoms with Crippen LogP contribution < -0.4 is 0 Å². The molecule has 1 atom stereocenters. The number of hydrogen-bond donors (Lipinski definition) is 0. The number of benzene rings is 1. The zero-order chi connectivity index (χ0) is 22.3. The minimum absolute atomic E-state index is 0.0897. The molecule has 2 heterocycles. The zero-order valence-electron chi connectivity index (χ0n) is 18.1. The van der Waals surface area contributed by atoms with E-state index in [1.54, 1.807) is 0 Å². The van der Waals surface area contributed by atoms with Gasteiger partial charge in [-0.05, 0) is 74.2 Å². The second-order valence-corrected chi connectivity index (χ2v) is 11.0. The predicted molar refractivity (Wildman–Crippen MR) is 122 cm³/mol. The first kappa shape index (κ1) is 19.6. The monoisotopic (exact) mass is 438 g/mol. The molecule has 2 aliphatic heterocycles. The number of esters is 1. The third kappa shape index (κ3) is 2.30. The van der Waals surface area contributed by atoms with E-state index in [4.69, 9.17) is 4.74 Å². The number of nitrogens with zero attached hydrogens (tertiary/aromatic N) is 2. The number of fused-ring (bicyclic) bond motifs is 1. The number of allylic oxidation sites excluding steroid dienone is 3. The van der Waals surface area contributed by atoms with E-state index in [0.717, 1.165) is 36.8 Å². The van der Waals surface area contributed by atoms with Crippen LogP contribution in [0, 0.1) is 39.9 Å². The minimum Gasteiger partial charge on any atom is -0.420 e. The first-order valence-corrected chi connectivity index (χ1v) is 12.0. The van der Waals surface area contributed by atoms with Crippen molar-refractivity contribution in [3.63, 3.8) is 0 Å². The van der Waals surface area contributed by atoms with Crippen molar-refractivity contribution in [2.45, 2.75) is 44.3 Å². The van der Waals surface area contributed by atoms with E-state index in [1.807, 2.05) is 36.9 Å². The Morgan fingerprint density at radius 2 is 1.72 bits per heavy atom. The van der Waals surface area contributed by atoms with E-state index in [1.165, 1.54) is 16.0 Å². The lowest BCUT2D eigenvalue weighted by Gasteiger charge is -2.52. The average molecular weight is 439 g/mol. The van der Waals surface area contributed by atoms with Crippen LogP contribution in [-0.4, -0.2) is 10.7 Å². The van der Waals surface area contributed by atoms with Crippen LogP contribution in [0.5, 0.6) is 0 Å². The van der Waals surface area contributed by atoms with Crippen molar-refractivity contribution in [2.24, 2.45) is 17.3 Å². The van der Waals surface area contributed by atoms with E-state index < -0.39 is 5.97 Å². The fourth-order valence-electron chi connectivity index (χ4n) is 6.51. The van der Waals surface area contributed by atoms with Crippen molar-refractivity contribution in [3.05, 3.63) is 75.6 Å². The number of carbonyl (C=O) groups excluding carboxylic acids is 1. The summed E-state index contributed by atoms with van der Waals surface area (Å²) >= 11 is 1.89. The highest BCUT2D eigenvalue weighted by Crippen LogP contribution is 2.77. The number of thioether (sulfide) groups is 1. The molecule has 5 aliphatic rings. The van der Waals surface area contributed by atoms with E-state index in [9.17, 15) is 15.3 Å². The molecule has 3 aliphatic carbocycles. The van der Waals surface area contributed by atoms with Gasteiger partial charge in [-0.15, -0.1) is 11.8 Å². The first-order chi connectivity index (χ1) is 15.5. The Morgan fingerprint density at radius 3 is 2.28 bits per heavy atom. The summed E-state index contributed by atoms with van der Waals surface area (Å²) in [6.45, 7) is 4.32. The molecule has 0 unspecified atom stereocenters. The summed E-state index contributed by atoms with van der Waals surface area (Å²) in [5.74, 6) is 0.656. The van der Waals surface area contributed by atoms with Gasteiger partial charge in [0.1, 0.15) is 12.1 Å². The highest BCUT2D eigenvalue weighted by Gasteiger charge is 2.71. The third-order valence-corrected chi connectivity index (χ3v) is 9.45. The Balaban J connectivity index is 1.67. The minimum atomic E-state index is -0.415. The van der Waals surface area contributed by atoms with Gasteiger partial charge >= 0.3 is 5.97 Å². The van der Waals surface area contributed by atoms with Gasteiger partial charge < -0.3 is 4.74 Å². The second-order valence-electron chi connectivity index (χ2n) is 9.53. The molecule has 32 heavy (non-hydrogen) atoms. The fraction of sp³-hybridized carbons (Fsp3) is 0.370. The maximum atomic E-state index is 13.2. The Morgan fingerprint density at radius 1 is 1.09 bits per heavy atom. The molecule has 1 aromatic rings. The maximum Gasteiger partial charge on any atom is 0.344 e. The third-order valence-electron chi connectivity index (χ3n) is 7.91. The standard InChI is InChI=1S/C27H22N2O2S/c1-15-20-12-21(16-6-4-3-5-7-16)32-26(20,2)27(18-8-9-18,19-10-11-19)23-22(15)25(30)31-24(23)17(13-28)14-29/h3-7,12,18-19H,8-11H2,1-2H3/t26-/m1/s1. The Bertz CT molecular complexity index is 1270. The fourth-order valence-corrected chi connectivity index (χ4v) is 8.31. The highest BCUT2D eigenvalue weighted by molar-refractivity contribution is 8.10. The van der Waals surface area contributed by atoms with E-state index in [-0.39, 0.29) is 21.5 Å². The number of ether oxygens (including phenoxy) is 1. The smallest absolute Gasteiger partial charge is 0.344 e. The van der Waals surface area contributed by atoms with Gasteiger partial charge in [-0.25, -0.2) is 4.79 Å². The van der Waals surface area contributed by atoms with Gasteiger partial charge in [0.25, 0.3) is 0 Å². The summed E-state index contributed by atoms with van der Waals surface area (Å²) in [5, 5.41) is 19.4. The molecule has 1 aromatic carbocycles. The molecule has 0 radical (unpaired) electrons. The molecule has 0 saturated heterocycles. The van der Waals surface area contributed by atoms with Crippen molar-refractivity contribution in [1.29, 1.82) is 10.5 Å². The van der Waals surface area contributed by atoms with Crippen molar-refractivity contribution < 1.29 is 9.53 Å². The number of carbonyl (C=O) groups is 1. The Labute approximate surface area is 191 Å². The molecule has 0 bridgehead atoms. The summed E-state index contributed by atoms with van der Waals surface area (Å²) in [5.41, 5.74) is 4.36. The normalized spacial score (nSPS) is 27.9. The zero-order valence-corrected chi connectivity index (χ0v) is 18.9. The molecular weight excluding hydrogens is 416 g/mol. The molecule has 5 heteroatoms. The van der Waals surface area contributed by atoms with Crippen LogP contribution in [-0.2, 0) is 9.53 Å². The lowest BCUT2D eigenvalue weighted by Crippen LogP contribution is -2.51. The largest absolute Gasteiger partial charge is 0.420 e. The summed E-state index contributed by atoms with van der Waals surface area (Å²) in [7, 11) is 0. The number of hydrogen-bond acceptors (Lipinski definition) is 5. The van der Waals surface area contributed by atoms with Gasteiger partial charge in [0.05, 0.1) is 10.3 Å². The molecule has 2 fully saturated rings. The van der Waals surface area contributed by atoms with Crippen LogP contribution in [0.3, 0.4) is 0 Å². The first-order valence-electron chi connectivity index (χ1n) is 11.2. The van der Waals surface area contributed by atoms with Crippen LogP contribution in [0.4, 0.5) is 0 Å². The molecule has 0 aromatic heterocycles. The number of cyclic esters (lactones) is 1. The molecule has 158 valence electrons. The van der Waals surface area contributed by atoms with Crippen molar-refractivity contribution in [3.8, 4) is 12.1 Å². The summed E-state index contributed by atoms with van der Waals surface area (Å²) in [6, 6.07) is 14.4. The molecule has 0 N–H and O–H groups in total. The van der Waals surface area contributed by atoms with Gasteiger partial charge in [-0.1, -0.05) is 30.3 Å². The molecule has 0 spiro atoms. The summed E-state index contributed by atoms with van der Waals surface area (Å²) in [4.78, 5) is 14.4. The van der Waals surface area contributed by atoms with Gasteiger partial charge in [0.2, 0.25) is 0 Å². The second kappa shape index (κ2) is 6.50. The van der Waals surface area contributed by atoms with Gasteiger partial charge in [0.15, 0.2) is 11.3 Å². The van der Waals surface area contributed by atoms with Crippen LogP contribution >= 0.6 is 11.8 Å². The molecule has 2 saturated carbocycles. The summed E-state index contributed by atoms with van der Waals surface area (Å²) in [6.07, 6.45) is 6.68. The molecule has 6 rings (SSSR count). The van der Waals surface area contributed by atoms with Crippen molar-refractivity contribution in [2.75, 3.05) is 0 Å². The van der Waals surface area contributed by atoms with Crippen LogP contribution in [0.15, 0.2) is 70.0 Å². The Kier molecular flexibility index (Phi) is 3.99. The quantitative estimate of drug-likeness (QED) is 0.439. The molecule has 0 amide bonds. The van der Waals surface area contributed by atoms with Crippen molar-refractivity contribution in [1.82, 2.24) is 0 Å². The predicted octanol–water partition coefficient (Wildman–Crippen LogP) is 5.82. The highest BCUT2D eigenvalue weighted by atomic mass is 32.2. The number of rotatable bonds is 3. The molecular formula is C27H22N2O2S. The topological polar surface area (TPSA) is 73.9 Å². The Hall–Kier alpha value is -3.02. The van der Waals surface area contributed by atoms with E-state index in [2.05, 4.69) is 37.3 Å². The lowest BCUT2D eigenvalue weighted by molar-refractivity contribution is -0.133. The van der Waals surface area contributed by atoms with Crippen molar-refractivity contribution >= 4 is 22.6 Å². The maximum absolute atomic E-state index is 13.2. The van der Waals surface area contributed by atoms with Crippen LogP contribution in [0.2, 0.25) is 0 Å². The SMILES string of the molecule is CC1=C2C=C(c3ccccc3)S[C@@]2(C)C(C2CC2)(C2CC2)C2=C1C(=O)OC2=C(C#N)C#N. The van der Waals surface area contributed by atoms with Crippen LogP contribution in [0.25, 0.3) is 4.91 Å². The van der Waals surface area contributed by atoms with Crippen LogP contribution in [0.1, 0.15) is 45.1 Å². The van der Waals surface area contributed by atoms with Gasteiger partial charge in [-0.3, -0.25) is 0 Å². The average Bonchev–Trinajstić information content (AvgIpc) is 3.72. The molecule has 4 nitrogen and oxygen atoms in total. The number of nitriles is 2.